The normalized spacial score (nSPS) is 9.00. The van der Waals surface area contributed by atoms with Crippen molar-refractivity contribution in [1.29, 1.82) is 0 Å². The SMILES string of the molecule is CC(C)(C)SN.CCC.O. The average molecular weight is 167 g/mol. The van der Waals surface area contributed by atoms with Gasteiger partial charge in [0.1, 0.15) is 0 Å². The third-order valence-electron chi connectivity index (χ3n) is 0.354. The van der Waals surface area contributed by atoms with Gasteiger partial charge in [0.25, 0.3) is 0 Å². The average Bonchev–Trinajstić information content (AvgIpc) is 1.67. The third kappa shape index (κ3) is 40.9. The van der Waals surface area contributed by atoms with Crippen molar-refractivity contribution in [1.82, 2.24) is 0 Å². The van der Waals surface area contributed by atoms with Crippen LogP contribution in [0.1, 0.15) is 41.0 Å². The maximum atomic E-state index is 5.22. The lowest BCUT2D eigenvalue weighted by atomic mass is 10.3. The maximum Gasteiger partial charge on any atom is 0.0218 e. The first kappa shape index (κ1) is 16.7. The molecule has 0 aliphatic rings. The summed E-state index contributed by atoms with van der Waals surface area (Å²) in [5, 5.41) is 5.22. The lowest BCUT2D eigenvalue weighted by Crippen LogP contribution is -2.09. The van der Waals surface area contributed by atoms with Gasteiger partial charge in [-0.15, -0.1) is 0 Å². The minimum atomic E-state index is 0. The van der Waals surface area contributed by atoms with E-state index in [2.05, 4.69) is 34.6 Å². The first-order valence-corrected chi connectivity index (χ1v) is 4.23. The fourth-order valence-electron chi connectivity index (χ4n) is 0. The van der Waals surface area contributed by atoms with Gasteiger partial charge in [-0.25, -0.2) is 0 Å². The van der Waals surface area contributed by atoms with E-state index in [1.807, 2.05) is 0 Å². The summed E-state index contributed by atoms with van der Waals surface area (Å²) >= 11 is 1.38. The summed E-state index contributed by atoms with van der Waals surface area (Å²) in [5.41, 5.74) is 0. The Hall–Kier alpha value is 0.270. The number of hydrogen-bond acceptors (Lipinski definition) is 2. The van der Waals surface area contributed by atoms with Crippen molar-refractivity contribution in [3.05, 3.63) is 0 Å². The Balaban J connectivity index is -0.000000107. The van der Waals surface area contributed by atoms with Crippen molar-refractivity contribution in [2.75, 3.05) is 0 Å². The topological polar surface area (TPSA) is 57.5 Å². The molecule has 0 aliphatic heterocycles. The van der Waals surface area contributed by atoms with E-state index in [-0.39, 0.29) is 10.2 Å². The molecule has 2 nitrogen and oxygen atoms in total. The summed E-state index contributed by atoms with van der Waals surface area (Å²) in [7, 11) is 0. The summed E-state index contributed by atoms with van der Waals surface area (Å²) in [6.07, 6.45) is 1.25. The van der Waals surface area contributed by atoms with E-state index in [1.165, 1.54) is 18.4 Å². The van der Waals surface area contributed by atoms with Crippen LogP contribution >= 0.6 is 11.9 Å². The Kier molecular flexibility index (Phi) is 15.5. The second kappa shape index (κ2) is 9.27. The summed E-state index contributed by atoms with van der Waals surface area (Å²) in [5.74, 6) is 0. The zero-order chi connectivity index (χ0) is 7.91. The van der Waals surface area contributed by atoms with Crippen LogP contribution in [0.5, 0.6) is 0 Å². The monoisotopic (exact) mass is 167 g/mol. The van der Waals surface area contributed by atoms with Crippen molar-refractivity contribution in [3.8, 4) is 0 Å². The lowest BCUT2D eigenvalue weighted by molar-refractivity contribution is 0.804. The van der Waals surface area contributed by atoms with Crippen molar-refractivity contribution < 1.29 is 5.48 Å². The van der Waals surface area contributed by atoms with Crippen molar-refractivity contribution in [3.63, 3.8) is 0 Å². The zero-order valence-corrected chi connectivity index (χ0v) is 8.51. The second-order valence-corrected chi connectivity index (χ2v) is 4.40. The molecule has 0 fully saturated rings. The molecule has 66 valence electrons. The molecule has 0 amide bonds. The van der Waals surface area contributed by atoms with Gasteiger partial charge in [-0.2, -0.15) is 0 Å². The van der Waals surface area contributed by atoms with Gasteiger partial charge in [-0.1, -0.05) is 32.2 Å². The molecule has 0 atom stereocenters. The fraction of sp³-hybridized carbons (Fsp3) is 1.00. The predicted octanol–water partition coefficient (Wildman–Crippen LogP) is 1.98. The highest BCUT2D eigenvalue weighted by atomic mass is 32.2. The molecule has 0 aromatic rings. The maximum absolute atomic E-state index is 5.22. The van der Waals surface area contributed by atoms with Crippen LogP contribution in [0.3, 0.4) is 0 Å². The first-order chi connectivity index (χ1) is 3.97. The molecule has 0 aromatic carbocycles. The molecule has 0 radical (unpaired) electrons. The fourth-order valence-corrected chi connectivity index (χ4v) is 0. The highest BCUT2D eigenvalue weighted by molar-refractivity contribution is 7.98. The molecular formula is C7H21NOS. The van der Waals surface area contributed by atoms with Gasteiger partial charge in [0, 0.05) is 4.75 Å². The molecule has 3 heteroatoms. The Morgan fingerprint density at radius 1 is 1.20 bits per heavy atom. The van der Waals surface area contributed by atoms with E-state index in [9.17, 15) is 0 Å². The molecule has 0 aromatic heterocycles. The van der Waals surface area contributed by atoms with E-state index >= 15 is 0 Å². The molecular weight excluding hydrogens is 146 g/mol. The number of nitrogens with two attached hydrogens (primary N) is 1. The van der Waals surface area contributed by atoms with E-state index in [4.69, 9.17) is 5.14 Å². The minimum Gasteiger partial charge on any atom is -0.412 e. The van der Waals surface area contributed by atoms with E-state index < -0.39 is 0 Å². The number of rotatable bonds is 0. The standard InChI is InChI=1S/C4H11NS.C3H8.H2O/c1-4(2,3)6-5;1-3-2;/h5H2,1-3H3;3H2,1-2H3;1H2. The molecule has 0 unspecified atom stereocenters. The Morgan fingerprint density at radius 2 is 1.30 bits per heavy atom. The molecule has 0 saturated heterocycles. The Bertz CT molecular complexity index is 52.1. The van der Waals surface area contributed by atoms with Crippen LogP contribution in [0.2, 0.25) is 0 Å². The zero-order valence-electron chi connectivity index (χ0n) is 7.69. The van der Waals surface area contributed by atoms with E-state index in [0.717, 1.165) is 0 Å². The van der Waals surface area contributed by atoms with Gasteiger partial charge in [0.15, 0.2) is 0 Å². The van der Waals surface area contributed by atoms with Crippen molar-refractivity contribution >= 4 is 11.9 Å². The van der Waals surface area contributed by atoms with Gasteiger partial charge < -0.3 is 5.48 Å². The van der Waals surface area contributed by atoms with Crippen molar-refractivity contribution in [2.45, 2.75) is 45.8 Å². The van der Waals surface area contributed by atoms with Gasteiger partial charge >= 0.3 is 0 Å². The summed E-state index contributed by atoms with van der Waals surface area (Å²) in [6.45, 7) is 10.5. The molecule has 0 heterocycles. The van der Waals surface area contributed by atoms with Crippen LogP contribution in [0, 0.1) is 0 Å². The van der Waals surface area contributed by atoms with Crippen LogP contribution in [0.15, 0.2) is 0 Å². The van der Waals surface area contributed by atoms with E-state index in [1.54, 1.807) is 0 Å². The predicted molar refractivity (Wildman–Crippen MR) is 51.1 cm³/mol. The summed E-state index contributed by atoms with van der Waals surface area (Å²) in [6, 6.07) is 0. The first-order valence-electron chi connectivity index (χ1n) is 3.35. The molecule has 0 saturated carbocycles. The number of hydrogen-bond donors (Lipinski definition) is 1. The van der Waals surface area contributed by atoms with Crippen molar-refractivity contribution in [2.24, 2.45) is 5.14 Å². The van der Waals surface area contributed by atoms with Crippen LogP contribution in [0.4, 0.5) is 0 Å². The highest BCUT2D eigenvalue weighted by Gasteiger charge is 2.05. The van der Waals surface area contributed by atoms with Gasteiger partial charge in [-0.05, 0) is 20.8 Å². The minimum absolute atomic E-state index is 0. The van der Waals surface area contributed by atoms with E-state index in [0.29, 0.717) is 0 Å². The molecule has 0 aliphatic carbocycles. The van der Waals surface area contributed by atoms with Crippen LogP contribution in [-0.4, -0.2) is 10.2 Å². The lowest BCUT2D eigenvalue weighted by Gasteiger charge is -2.11. The Morgan fingerprint density at radius 3 is 1.30 bits per heavy atom. The largest absolute Gasteiger partial charge is 0.412 e. The van der Waals surface area contributed by atoms with Gasteiger partial charge in [0.05, 0.1) is 0 Å². The summed E-state index contributed by atoms with van der Waals surface area (Å²) in [4.78, 5) is 0. The Labute approximate surface area is 69.0 Å². The van der Waals surface area contributed by atoms with Gasteiger partial charge in [0.2, 0.25) is 0 Å². The van der Waals surface area contributed by atoms with Crippen LogP contribution in [0.25, 0.3) is 0 Å². The molecule has 0 spiro atoms. The van der Waals surface area contributed by atoms with Gasteiger partial charge in [-0.3, -0.25) is 5.14 Å². The molecule has 0 bridgehead atoms. The second-order valence-electron chi connectivity index (χ2n) is 2.94. The molecule has 4 N–H and O–H groups in total. The quantitative estimate of drug-likeness (QED) is 0.561. The highest BCUT2D eigenvalue weighted by Crippen LogP contribution is 2.15. The van der Waals surface area contributed by atoms with Crippen LogP contribution in [-0.2, 0) is 0 Å². The smallest absolute Gasteiger partial charge is 0.0218 e. The van der Waals surface area contributed by atoms with Crippen LogP contribution < -0.4 is 5.14 Å². The third-order valence-corrected chi connectivity index (χ3v) is 1.06. The molecule has 10 heavy (non-hydrogen) atoms. The summed E-state index contributed by atoms with van der Waals surface area (Å²) < 4.78 is 0.236. The molecule has 0 rings (SSSR count).